The lowest BCUT2D eigenvalue weighted by Crippen LogP contribution is -2.29. The lowest BCUT2D eigenvalue weighted by atomic mass is 10.1. The number of hydrogen-bond acceptors (Lipinski definition) is 3. The van der Waals surface area contributed by atoms with Crippen molar-refractivity contribution in [1.29, 1.82) is 0 Å². The van der Waals surface area contributed by atoms with Crippen LogP contribution in [0.25, 0.3) is 0 Å². The topological polar surface area (TPSA) is 55.4 Å². The van der Waals surface area contributed by atoms with Crippen molar-refractivity contribution < 1.29 is 21.9 Å². The summed E-state index contributed by atoms with van der Waals surface area (Å²) in [5, 5.41) is 0. The molecule has 124 valence electrons. The second-order valence-corrected chi connectivity index (χ2v) is 6.81. The van der Waals surface area contributed by atoms with Gasteiger partial charge in [0.15, 0.2) is 0 Å². The molecule has 7 heteroatoms. The van der Waals surface area contributed by atoms with Gasteiger partial charge >= 0.3 is 0 Å². The summed E-state index contributed by atoms with van der Waals surface area (Å²) in [6.45, 7) is 1.41. The molecule has 0 bridgehead atoms. The summed E-state index contributed by atoms with van der Waals surface area (Å²) in [5.74, 6) is -0.903. The van der Waals surface area contributed by atoms with E-state index >= 15 is 0 Å². The van der Waals surface area contributed by atoms with Crippen molar-refractivity contribution >= 4 is 10.0 Å². The van der Waals surface area contributed by atoms with Crippen LogP contribution in [-0.4, -0.2) is 22.1 Å². The molecule has 2 aromatic carbocycles. The summed E-state index contributed by atoms with van der Waals surface area (Å²) in [4.78, 5) is -0.0366. The van der Waals surface area contributed by atoms with E-state index in [1.807, 2.05) is 0 Å². The number of benzene rings is 2. The van der Waals surface area contributed by atoms with Crippen LogP contribution in [0.5, 0.6) is 0 Å². The third-order valence-corrected chi connectivity index (χ3v) is 4.82. The molecule has 1 atom stereocenters. The predicted octanol–water partition coefficient (Wildman–Crippen LogP) is 2.94. The first kappa shape index (κ1) is 17.5. The van der Waals surface area contributed by atoms with E-state index < -0.39 is 27.8 Å². The first-order valence-electron chi connectivity index (χ1n) is 6.87. The van der Waals surface area contributed by atoms with Crippen LogP contribution in [0.4, 0.5) is 8.78 Å². The van der Waals surface area contributed by atoms with Crippen LogP contribution in [0.2, 0.25) is 0 Å². The molecule has 0 aliphatic rings. The van der Waals surface area contributed by atoms with Gasteiger partial charge in [0.1, 0.15) is 11.6 Å². The summed E-state index contributed by atoms with van der Waals surface area (Å²) >= 11 is 0. The molecule has 0 amide bonds. The Bertz CT molecular complexity index is 794. The van der Waals surface area contributed by atoms with Gasteiger partial charge in [-0.25, -0.2) is 21.9 Å². The van der Waals surface area contributed by atoms with Crippen molar-refractivity contribution in [2.24, 2.45) is 0 Å². The van der Waals surface area contributed by atoms with Crippen molar-refractivity contribution in [2.45, 2.75) is 17.9 Å². The fourth-order valence-electron chi connectivity index (χ4n) is 2.10. The van der Waals surface area contributed by atoms with Crippen LogP contribution in [0.1, 0.15) is 17.2 Å². The maximum Gasteiger partial charge on any atom is 0.240 e. The summed E-state index contributed by atoms with van der Waals surface area (Å²) < 4.78 is 58.6. The highest BCUT2D eigenvalue weighted by molar-refractivity contribution is 7.89. The van der Waals surface area contributed by atoms with E-state index in [0.29, 0.717) is 5.56 Å². The van der Waals surface area contributed by atoms with E-state index in [0.717, 1.165) is 6.07 Å². The second kappa shape index (κ2) is 7.16. The van der Waals surface area contributed by atoms with Gasteiger partial charge in [0, 0.05) is 13.7 Å². The van der Waals surface area contributed by atoms with Gasteiger partial charge in [-0.05, 0) is 48.4 Å². The van der Waals surface area contributed by atoms with Crippen LogP contribution in [-0.2, 0) is 14.8 Å². The molecule has 0 saturated carbocycles. The molecule has 0 aliphatic heterocycles. The van der Waals surface area contributed by atoms with E-state index in [1.54, 1.807) is 6.07 Å². The molecule has 23 heavy (non-hydrogen) atoms. The summed E-state index contributed by atoms with van der Waals surface area (Å²) in [7, 11) is -2.40. The minimum atomic E-state index is -3.81. The molecule has 4 nitrogen and oxygen atoms in total. The number of rotatable bonds is 6. The molecule has 1 N–H and O–H groups in total. The van der Waals surface area contributed by atoms with Crippen LogP contribution < -0.4 is 4.72 Å². The second-order valence-electron chi connectivity index (χ2n) is 5.04. The summed E-state index contributed by atoms with van der Waals surface area (Å²) in [6.07, 6.45) is -0.637. The molecule has 1 unspecified atom stereocenters. The molecule has 0 aliphatic carbocycles. The maximum absolute atomic E-state index is 13.3. The molecule has 0 saturated heterocycles. The minimum absolute atomic E-state index is 0.0366. The number of nitrogens with one attached hydrogen (secondary N) is 1. The quantitative estimate of drug-likeness (QED) is 0.879. The van der Waals surface area contributed by atoms with Crippen molar-refractivity contribution in [2.75, 3.05) is 13.7 Å². The highest BCUT2D eigenvalue weighted by Gasteiger charge is 2.19. The number of hydrogen-bond donors (Lipinski definition) is 1. The Morgan fingerprint density at radius 1 is 1.17 bits per heavy atom. The minimum Gasteiger partial charge on any atom is -0.375 e. The fraction of sp³-hybridized carbons (Fsp3) is 0.250. The van der Waals surface area contributed by atoms with Gasteiger partial charge < -0.3 is 4.74 Å². The SMILES string of the molecule is COC(CNS(=O)(=O)c1ccc(F)c(C)c1)c1cccc(F)c1. The van der Waals surface area contributed by atoms with Gasteiger partial charge in [-0.3, -0.25) is 0 Å². The maximum atomic E-state index is 13.3. The third kappa shape index (κ3) is 4.34. The first-order chi connectivity index (χ1) is 10.8. The number of methoxy groups -OCH3 is 1. The van der Waals surface area contributed by atoms with Gasteiger partial charge in [-0.1, -0.05) is 12.1 Å². The highest BCUT2D eigenvalue weighted by atomic mass is 32.2. The summed E-state index contributed by atoms with van der Waals surface area (Å²) in [5.41, 5.74) is 0.756. The molecular formula is C16H17F2NO3S. The van der Waals surface area contributed by atoms with Gasteiger partial charge in [0.2, 0.25) is 10.0 Å². The van der Waals surface area contributed by atoms with Crippen LogP contribution >= 0.6 is 0 Å². The number of ether oxygens (including phenoxy) is 1. The van der Waals surface area contributed by atoms with E-state index in [-0.39, 0.29) is 17.0 Å². The van der Waals surface area contributed by atoms with Crippen LogP contribution in [0, 0.1) is 18.6 Å². The highest BCUT2D eigenvalue weighted by Crippen LogP contribution is 2.19. The lowest BCUT2D eigenvalue weighted by Gasteiger charge is -2.17. The van der Waals surface area contributed by atoms with Crippen LogP contribution in [0.3, 0.4) is 0 Å². The number of sulfonamides is 1. The molecule has 2 rings (SSSR count). The molecule has 0 aromatic heterocycles. The fourth-order valence-corrected chi connectivity index (χ4v) is 3.21. The molecule has 0 radical (unpaired) electrons. The van der Waals surface area contributed by atoms with Crippen molar-refractivity contribution in [3.63, 3.8) is 0 Å². The first-order valence-corrected chi connectivity index (χ1v) is 8.36. The van der Waals surface area contributed by atoms with E-state index in [2.05, 4.69) is 4.72 Å². The van der Waals surface area contributed by atoms with Crippen molar-refractivity contribution in [3.8, 4) is 0 Å². The Labute approximate surface area is 134 Å². The Kier molecular flexibility index (Phi) is 5.46. The average molecular weight is 341 g/mol. The average Bonchev–Trinajstić information content (AvgIpc) is 2.50. The Morgan fingerprint density at radius 2 is 1.91 bits per heavy atom. The summed E-state index contributed by atoms with van der Waals surface area (Å²) in [6, 6.07) is 9.29. The van der Waals surface area contributed by atoms with Gasteiger partial charge in [0.25, 0.3) is 0 Å². The van der Waals surface area contributed by atoms with E-state index in [4.69, 9.17) is 4.74 Å². The zero-order chi connectivity index (χ0) is 17.0. The molecule has 0 spiro atoms. The van der Waals surface area contributed by atoms with Gasteiger partial charge in [0.05, 0.1) is 11.0 Å². The third-order valence-electron chi connectivity index (χ3n) is 3.40. The lowest BCUT2D eigenvalue weighted by molar-refractivity contribution is 0.107. The standard InChI is InChI=1S/C16H17F2NO3S/c1-11-8-14(6-7-15(11)18)23(20,21)19-10-16(22-2)12-4-3-5-13(17)9-12/h3-9,16,19H,10H2,1-2H3. The van der Waals surface area contributed by atoms with Gasteiger partial charge in [-0.15, -0.1) is 0 Å². The number of aryl methyl sites for hydroxylation is 1. The largest absolute Gasteiger partial charge is 0.375 e. The van der Waals surface area contributed by atoms with Crippen molar-refractivity contribution in [3.05, 3.63) is 65.2 Å². The van der Waals surface area contributed by atoms with Crippen LogP contribution in [0.15, 0.2) is 47.4 Å². The van der Waals surface area contributed by atoms with E-state index in [9.17, 15) is 17.2 Å². The zero-order valence-electron chi connectivity index (χ0n) is 12.7. The van der Waals surface area contributed by atoms with Crippen molar-refractivity contribution in [1.82, 2.24) is 4.72 Å². The smallest absolute Gasteiger partial charge is 0.240 e. The van der Waals surface area contributed by atoms with Gasteiger partial charge in [-0.2, -0.15) is 0 Å². The Morgan fingerprint density at radius 3 is 2.52 bits per heavy atom. The molecule has 0 heterocycles. The monoisotopic (exact) mass is 341 g/mol. The molecule has 0 fully saturated rings. The van der Waals surface area contributed by atoms with E-state index in [1.165, 1.54) is 44.4 Å². The Balaban J connectivity index is 2.15. The Hall–Kier alpha value is -1.83. The zero-order valence-corrected chi connectivity index (χ0v) is 13.5. The number of halogens is 2. The normalized spacial score (nSPS) is 13.0. The molecular weight excluding hydrogens is 324 g/mol. The molecule has 2 aromatic rings. The predicted molar refractivity (Wildman–Crippen MR) is 82.5 cm³/mol.